The number of hydrogen-bond donors (Lipinski definition) is 1. The lowest BCUT2D eigenvalue weighted by Crippen LogP contribution is -2.10. The second kappa shape index (κ2) is 4.77. The van der Waals surface area contributed by atoms with E-state index < -0.39 is 11.7 Å². The van der Waals surface area contributed by atoms with E-state index >= 15 is 0 Å². The maximum absolute atomic E-state index is 13.0. The first kappa shape index (κ1) is 13.4. The van der Waals surface area contributed by atoms with Crippen LogP contribution in [0.25, 0.3) is 27.4 Å². The van der Waals surface area contributed by atoms with Crippen LogP contribution in [-0.2, 0) is 4.79 Å². The molecule has 5 heteroatoms. The minimum Gasteiger partial charge on any atom is -0.355 e. The lowest BCUT2D eigenvalue weighted by Gasteiger charge is -2.11. The summed E-state index contributed by atoms with van der Waals surface area (Å²) in [5.41, 5.74) is 0.654. The van der Waals surface area contributed by atoms with Crippen LogP contribution < -0.4 is 0 Å². The largest absolute Gasteiger partial charge is 0.417 e. The summed E-state index contributed by atoms with van der Waals surface area (Å²) in [5.74, 6) is 0. The van der Waals surface area contributed by atoms with Crippen molar-refractivity contribution < 1.29 is 18.0 Å². The second-order valence-electron chi connectivity index (χ2n) is 4.65. The number of benzene rings is 2. The van der Waals surface area contributed by atoms with Crippen molar-refractivity contribution in [2.24, 2.45) is 0 Å². The third kappa shape index (κ3) is 2.31. The molecular weight excluding hydrogens is 279 g/mol. The zero-order chi connectivity index (χ0) is 15.0. The molecule has 2 aromatic carbocycles. The normalized spacial score (nSPS) is 13.0. The number of nitrogens with one attached hydrogen (secondary N) is 1. The number of carbonyl (C=O) groups excluding carboxylic acids is 1. The van der Waals surface area contributed by atoms with Crippen molar-refractivity contribution in [3.8, 4) is 0 Å². The molecular formula is C16H10F3NO. The summed E-state index contributed by atoms with van der Waals surface area (Å²) < 4.78 is 39.0. The molecule has 0 bridgehead atoms. The van der Waals surface area contributed by atoms with Crippen molar-refractivity contribution in [1.29, 1.82) is 0 Å². The van der Waals surface area contributed by atoms with Gasteiger partial charge in [0, 0.05) is 21.8 Å². The van der Waals surface area contributed by atoms with Crippen LogP contribution in [0.1, 0.15) is 5.56 Å². The Morgan fingerprint density at radius 1 is 1.00 bits per heavy atom. The molecule has 0 unspecified atom stereocenters. The zero-order valence-corrected chi connectivity index (χ0v) is 10.7. The van der Waals surface area contributed by atoms with Gasteiger partial charge in [0.2, 0.25) is 0 Å². The molecule has 0 saturated heterocycles. The maximum atomic E-state index is 13.0. The molecule has 0 aliphatic rings. The number of H-pyrrole nitrogens is 1. The van der Waals surface area contributed by atoms with E-state index in [9.17, 15) is 18.0 Å². The number of para-hydroxylation sites is 1. The highest BCUT2D eigenvalue weighted by atomic mass is 19.4. The molecule has 1 N–H and O–H groups in total. The maximum Gasteiger partial charge on any atom is 0.417 e. The van der Waals surface area contributed by atoms with E-state index in [0.717, 1.165) is 16.4 Å². The Kier molecular flexibility index (Phi) is 3.05. The number of alkyl halides is 3. The van der Waals surface area contributed by atoms with Crippen molar-refractivity contribution in [3.05, 3.63) is 54.1 Å². The third-order valence-electron chi connectivity index (χ3n) is 3.36. The summed E-state index contributed by atoms with van der Waals surface area (Å²) in [6.45, 7) is 0. The number of hydrogen-bond acceptors (Lipinski definition) is 1. The minimum atomic E-state index is -4.57. The number of halogens is 3. The van der Waals surface area contributed by atoms with Crippen LogP contribution >= 0.6 is 0 Å². The SMILES string of the molecule is O=C/C=C(/c1ccc2[nH]c3ccccc3c2c1)C(F)(F)F. The van der Waals surface area contributed by atoms with Gasteiger partial charge >= 0.3 is 6.18 Å². The van der Waals surface area contributed by atoms with Crippen LogP contribution in [0.2, 0.25) is 0 Å². The average Bonchev–Trinajstić information content (AvgIpc) is 2.81. The summed E-state index contributed by atoms with van der Waals surface area (Å²) in [6.07, 6.45) is -3.86. The van der Waals surface area contributed by atoms with E-state index in [1.807, 2.05) is 24.3 Å². The lowest BCUT2D eigenvalue weighted by atomic mass is 10.0. The number of rotatable bonds is 2. The van der Waals surface area contributed by atoms with Gasteiger partial charge in [0.05, 0.1) is 5.57 Å². The van der Waals surface area contributed by atoms with E-state index in [1.165, 1.54) is 12.1 Å². The molecule has 0 aliphatic carbocycles. The van der Waals surface area contributed by atoms with Gasteiger partial charge in [0.15, 0.2) is 0 Å². The molecule has 21 heavy (non-hydrogen) atoms. The summed E-state index contributed by atoms with van der Waals surface area (Å²) in [6, 6.07) is 11.8. The predicted octanol–water partition coefficient (Wildman–Crippen LogP) is 4.47. The zero-order valence-electron chi connectivity index (χ0n) is 10.7. The van der Waals surface area contributed by atoms with Gasteiger partial charge in [0.25, 0.3) is 0 Å². The number of allylic oxidation sites excluding steroid dienone is 2. The van der Waals surface area contributed by atoms with Crippen molar-refractivity contribution >= 4 is 33.7 Å². The molecule has 0 fully saturated rings. The fraction of sp³-hybridized carbons (Fsp3) is 0.0625. The van der Waals surface area contributed by atoms with Gasteiger partial charge < -0.3 is 4.98 Å². The second-order valence-corrected chi connectivity index (χ2v) is 4.65. The Morgan fingerprint density at radius 2 is 1.71 bits per heavy atom. The molecule has 0 spiro atoms. The van der Waals surface area contributed by atoms with E-state index in [-0.39, 0.29) is 11.8 Å². The molecule has 0 amide bonds. The topological polar surface area (TPSA) is 32.9 Å². The fourth-order valence-electron chi connectivity index (χ4n) is 2.44. The molecule has 106 valence electrons. The molecule has 3 aromatic rings. The van der Waals surface area contributed by atoms with Gasteiger partial charge in [-0.15, -0.1) is 0 Å². The number of aromatic nitrogens is 1. The monoisotopic (exact) mass is 289 g/mol. The van der Waals surface area contributed by atoms with Gasteiger partial charge in [0.1, 0.15) is 6.29 Å². The lowest BCUT2D eigenvalue weighted by molar-refractivity contribution is -0.104. The summed E-state index contributed by atoms with van der Waals surface area (Å²) in [5, 5.41) is 1.55. The van der Waals surface area contributed by atoms with Gasteiger partial charge in [-0.25, -0.2) is 0 Å². The van der Waals surface area contributed by atoms with Crippen LogP contribution in [-0.4, -0.2) is 17.4 Å². The first-order valence-corrected chi connectivity index (χ1v) is 6.24. The van der Waals surface area contributed by atoms with Crippen molar-refractivity contribution in [1.82, 2.24) is 4.98 Å². The Hall–Kier alpha value is -2.56. The first-order valence-electron chi connectivity index (χ1n) is 6.24. The highest BCUT2D eigenvalue weighted by Crippen LogP contribution is 2.36. The van der Waals surface area contributed by atoms with Gasteiger partial charge in [-0.05, 0) is 29.8 Å². The summed E-state index contributed by atoms with van der Waals surface area (Å²) >= 11 is 0. The minimum absolute atomic E-state index is 0.0214. The Bertz CT molecular complexity index is 859. The summed E-state index contributed by atoms with van der Waals surface area (Å²) in [4.78, 5) is 13.6. The number of aldehydes is 1. The Balaban J connectivity index is 2.27. The molecule has 1 aromatic heterocycles. The highest BCUT2D eigenvalue weighted by molar-refractivity contribution is 6.08. The predicted molar refractivity (Wildman–Crippen MR) is 75.9 cm³/mol. The van der Waals surface area contributed by atoms with Crippen LogP contribution in [0.3, 0.4) is 0 Å². The average molecular weight is 289 g/mol. The molecule has 0 atom stereocenters. The first-order chi connectivity index (χ1) is 10.0. The molecule has 0 saturated carbocycles. The van der Waals surface area contributed by atoms with Gasteiger partial charge in [-0.2, -0.15) is 13.2 Å². The van der Waals surface area contributed by atoms with Crippen LogP contribution in [0.4, 0.5) is 13.2 Å². The van der Waals surface area contributed by atoms with Gasteiger partial charge in [-0.3, -0.25) is 4.79 Å². The molecule has 3 rings (SSSR count). The van der Waals surface area contributed by atoms with Crippen molar-refractivity contribution in [3.63, 3.8) is 0 Å². The van der Waals surface area contributed by atoms with Crippen LogP contribution in [0.5, 0.6) is 0 Å². The van der Waals surface area contributed by atoms with Crippen LogP contribution in [0, 0.1) is 0 Å². The highest BCUT2D eigenvalue weighted by Gasteiger charge is 2.34. The van der Waals surface area contributed by atoms with E-state index in [4.69, 9.17) is 0 Å². The van der Waals surface area contributed by atoms with Crippen molar-refractivity contribution in [2.45, 2.75) is 6.18 Å². The number of aromatic amines is 1. The molecule has 2 nitrogen and oxygen atoms in total. The van der Waals surface area contributed by atoms with E-state index in [2.05, 4.69) is 4.98 Å². The fourth-order valence-corrected chi connectivity index (χ4v) is 2.44. The molecule has 0 radical (unpaired) electrons. The number of fused-ring (bicyclic) bond motifs is 3. The van der Waals surface area contributed by atoms with Crippen LogP contribution in [0.15, 0.2) is 48.5 Å². The van der Waals surface area contributed by atoms with E-state index in [1.54, 1.807) is 6.07 Å². The number of carbonyl (C=O) groups is 1. The van der Waals surface area contributed by atoms with Crippen molar-refractivity contribution in [2.75, 3.05) is 0 Å². The van der Waals surface area contributed by atoms with Gasteiger partial charge in [-0.1, -0.05) is 24.3 Å². The van der Waals surface area contributed by atoms with E-state index in [0.29, 0.717) is 11.5 Å². The molecule has 1 heterocycles. The molecule has 0 aliphatic heterocycles. The standard InChI is InChI=1S/C16H10F3NO/c17-16(18,19)13(7-8-21)10-5-6-15-12(9-10)11-3-1-2-4-14(11)20-15/h1-9,20H/b13-7-. The Labute approximate surface area is 117 Å². The summed E-state index contributed by atoms with van der Waals surface area (Å²) in [7, 11) is 0. The smallest absolute Gasteiger partial charge is 0.355 e. The quantitative estimate of drug-likeness (QED) is 0.548. The Morgan fingerprint density at radius 3 is 2.43 bits per heavy atom. The third-order valence-corrected chi connectivity index (χ3v) is 3.36.